The Hall–Kier alpha value is -2.41. The number of Topliss-reactive ketones (excluding diaryl/α,β-unsaturated/α-hetero) is 2. The van der Waals surface area contributed by atoms with E-state index in [1.807, 2.05) is 19.9 Å². The summed E-state index contributed by atoms with van der Waals surface area (Å²) in [5.41, 5.74) is -2.58. The van der Waals surface area contributed by atoms with Gasteiger partial charge in [-0.15, -0.1) is 0 Å². The summed E-state index contributed by atoms with van der Waals surface area (Å²) in [7, 11) is 0. The number of ketones is 2. The number of carbonyl (C=O) groups is 3. The molecular formula is C28H34O7. The molecule has 1 aliphatic heterocycles. The fourth-order valence-electron chi connectivity index (χ4n) is 9.68. The van der Waals surface area contributed by atoms with Crippen LogP contribution in [-0.2, 0) is 23.9 Å². The zero-order chi connectivity index (χ0) is 25.3. The Labute approximate surface area is 205 Å². The Kier molecular flexibility index (Phi) is 4.26. The standard InChI is InChI=1S/C28H34O7/c1-14(29)34-17-12-26(5)16(15-8-10-33-13-15)11-19-28(26,35-19)27(6)21(17)25(4)9-7-18(30)24(2,3)22(25)20(31)23(27)32/h8,10,13,16-17,19,21,31H,7,9,11-12H2,1-6H3/t16-,17-,19+,21+,25+,26-,27-,28+/m0/s1. The lowest BCUT2D eigenvalue weighted by Crippen LogP contribution is -2.71. The van der Waals surface area contributed by atoms with E-state index in [2.05, 4.69) is 6.92 Å². The first-order valence-corrected chi connectivity index (χ1v) is 12.7. The van der Waals surface area contributed by atoms with Crippen LogP contribution in [0.1, 0.15) is 78.7 Å². The highest BCUT2D eigenvalue weighted by atomic mass is 16.6. The van der Waals surface area contributed by atoms with E-state index in [1.165, 1.54) is 6.92 Å². The molecule has 1 saturated heterocycles. The molecule has 1 aromatic rings. The van der Waals surface area contributed by atoms with E-state index < -0.39 is 51.0 Å². The van der Waals surface area contributed by atoms with E-state index in [1.54, 1.807) is 26.4 Å². The number of carbonyl (C=O) groups excluding carboxylic acids is 3. The third kappa shape index (κ3) is 2.35. The molecule has 0 aromatic carbocycles. The molecule has 7 nitrogen and oxygen atoms in total. The average molecular weight is 483 g/mol. The maximum absolute atomic E-state index is 14.4. The average Bonchev–Trinajstić information content (AvgIpc) is 3.13. The van der Waals surface area contributed by atoms with Crippen LogP contribution in [0, 0.1) is 27.6 Å². The molecule has 0 amide bonds. The van der Waals surface area contributed by atoms with Crippen molar-refractivity contribution < 1.29 is 33.4 Å². The normalized spacial score (nSPS) is 47.5. The number of epoxide rings is 1. The molecule has 35 heavy (non-hydrogen) atoms. The van der Waals surface area contributed by atoms with Crippen LogP contribution in [0.3, 0.4) is 0 Å². The van der Waals surface area contributed by atoms with Crippen molar-refractivity contribution in [1.82, 2.24) is 0 Å². The largest absolute Gasteiger partial charge is 0.504 e. The van der Waals surface area contributed by atoms with Crippen molar-refractivity contribution in [1.29, 1.82) is 0 Å². The highest BCUT2D eigenvalue weighted by molar-refractivity contribution is 6.04. The highest BCUT2D eigenvalue weighted by Crippen LogP contribution is 2.81. The van der Waals surface area contributed by atoms with Crippen molar-refractivity contribution >= 4 is 17.5 Å². The van der Waals surface area contributed by atoms with E-state index in [0.29, 0.717) is 24.8 Å². The first-order chi connectivity index (χ1) is 16.3. The molecule has 1 aromatic heterocycles. The second-order valence-corrected chi connectivity index (χ2v) is 12.7. The minimum Gasteiger partial charge on any atom is -0.504 e. The number of fused-ring (bicyclic) bond motifs is 3. The lowest BCUT2D eigenvalue weighted by atomic mass is 9.38. The minimum atomic E-state index is -1.12. The van der Waals surface area contributed by atoms with Gasteiger partial charge in [0.25, 0.3) is 0 Å². The monoisotopic (exact) mass is 482 g/mol. The number of hydrogen-bond acceptors (Lipinski definition) is 7. The second-order valence-electron chi connectivity index (χ2n) is 12.7. The number of furan rings is 1. The van der Waals surface area contributed by atoms with Crippen molar-refractivity contribution in [3.8, 4) is 0 Å². The van der Waals surface area contributed by atoms with E-state index >= 15 is 0 Å². The zero-order valence-electron chi connectivity index (χ0n) is 21.3. The first-order valence-electron chi connectivity index (χ1n) is 12.7. The SMILES string of the molecule is CC(=O)O[C@H]1C[C@@]2(C)[C@H](c3ccoc3)C[C@H]3O[C@]32[C@]2(C)C(=O)C(O)=C3C(C)(C)C(=O)CC[C@]3(C)[C@@H]12. The smallest absolute Gasteiger partial charge is 0.302 e. The number of rotatable bonds is 2. The number of aliphatic hydroxyl groups is 1. The summed E-state index contributed by atoms with van der Waals surface area (Å²) in [5, 5.41) is 11.6. The van der Waals surface area contributed by atoms with Gasteiger partial charge < -0.3 is 19.0 Å². The molecule has 6 rings (SSSR count). The number of esters is 1. The fourth-order valence-corrected chi connectivity index (χ4v) is 9.68. The predicted molar refractivity (Wildman–Crippen MR) is 124 cm³/mol. The van der Waals surface area contributed by atoms with Gasteiger partial charge in [-0.2, -0.15) is 0 Å². The Morgan fingerprint density at radius 1 is 1.17 bits per heavy atom. The lowest BCUT2D eigenvalue weighted by Gasteiger charge is -2.65. The Morgan fingerprint density at radius 2 is 1.89 bits per heavy atom. The zero-order valence-corrected chi connectivity index (χ0v) is 21.3. The van der Waals surface area contributed by atoms with Crippen molar-refractivity contribution in [3.63, 3.8) is 0 Å². The molecule has 3 saturated carbocycles. The summed E-state index contributed by atoms with van der Waals surface area (Å²) in [5.74, 6) is -1.44. The summed E-state index contributed by atoms with van der Waals surface area (Å²) >= 11 is 0. The van der Waals surface area contributed by atoms with Crippen LogP contribution in [0.15, 0.2) is 34.3 Å². The summed E-state index contributed by atoms with van der Waals surface area (Å²) < 4.78 is 18.0. The van der Waals surface area contributed by atoms with Crippen LogP contribution in [-0.4, -0.2) is 40.5 Å². The van der Waals surface area contributed by atoms with E-state index in [0.717, 1.165) is 12.0 Å². The van der Waals surface area contributed by atoms with Gasteiger partial charge in [-0.25, -0.2) is 0 Å². The molecule has 1 spiro atoms. The molecule has 2 heterocycles. The summed E-state index contributed by atoms with van der Waals surface area (Å²) in [6, 6.07) is 1.96. The van der Waals surface area contributed by atoms with Gasteiger partial charge in [-0.05, 0) is 63.2 Å². The lowest BCUT2D eigenvalue weighted by molar-refractivity contribution is -0.207. The van der Waals surface area contributed by atoms with Crippen molar-refractivity contribution in [3.05, 3.63) is 35.5 Å². The maximum atomic E-state index is 14.4. The topological polar surface area (TPSA) is 106 Å². The minimum absolute atomic E-state index is 0.0113. The third-order valence-electron chi connectivity index (χ3n) is 10.8. The predicted octanol–water partition coefficient (Wildman–Crippen LogP) is 4.66. The van der Waals surface area contributed by atoms with E-state index in [9.17, 15) is 19.5 Å². The quantitative estimate of drug-likeness (QED) is 0.483. The molecule has 188 valence electrons. The third-order valence-corrected chi connectivity index (χ3v) is 10.8. The second kappa shape index (κ2) is 6.47. The van der Waals surface area contributed by atoms with Crippen LogP contribution < -0.4 is 0 Å². The molecule has 1 N–H and O–H groups in total. The van der Waals surface area contributed by atoms with Crippen molar-refractivity contribution in [2.45, 2.75) is 91.0 Å². The highest BCUT2D eigenvalue weighted by Gasteiger charge is 2.89. The van der Waals surface area contributed by atoms with Crippen LogP contribution in [0.4, 0.5) is 0 Å². The van der Waals surface area contributed by atoms with Crippen molar-refractivity contribution in [2.75, 3.05) is 0 Å². The maximum Gasteiger partial charge on any atom is 0.302 e. The number of aliphatic hydroxyl groups excluding tert-OH is 1. The first kappa shape index (κ1) is 23.0. The van der Waals surface area contributed by atoms with Gasteiger partial charge in [-0.3, -0.25) is 14.4 Å². The summed E-state index contributed by atoms with van der Waals surface area (Å²) in [6.07, 6.45) is 4.80. The molecular weight excluding hydrogens is 448 g/mol. The molecule has 0 bridgehead atoms. The Balaban J connectivity index is 1.61. The number of allylic oxidation sites excluding steroid dienone is 2. The van der Waals surface area contributed by atoms with Gasteiger partial charge in [0.05, 0.1) is 24.0 Å². The van der Waals surface area contributed by atoms with Crippen LogP contribution >= 0.6 is 0 Å². The molecule has 0 radical (unpaired) electrons. The Bertz CT molecular complexity index is 1190. The molecule has 0 unspecified atom stereocenters. The van der Waals surface area contributed by atoms with E-state index in [-0.39, 0.29) is 23.6 Å². The van der Waals surface area contributed by atoms with Crippen LogP contribution in [0.2, 0.25) is 0 Å². The van der Waals surface area contributed by atoms with Gasteiger partial charge in [0.15, 0.2) is 5.76 Å². The van der Waals surface area contributed by atoms with Gasteiger partial charge in [0.1, 0.15) is 17.5 Å². The van der Waals surface area contributed by atoms with E-state index in [4.69, 9.17) is 13.9 Å². The fraction of sp³-hybridized carbons (Fsp3) is 0.679. The van der Waals surface area contributed by atoms with Crippen LogP contribution in [0.5, 0.6) is 0 Å². The summed E-state index contributed by atoms with van der Waals surface area (Å²) in [4.78, 5) is 39.7. The van der Waals surface area contributed by atoms with Crippen molar-refractivity contribution in [2.24, 2.45) is 27.6 Å². The van der Waals surface area contributed by atoms with Gasteiger partial charge in [0.2, 0.25) is 5.78 Å². The summed E-state index contributed by atoms with van der Waals surface area (Å²) in [6.45, 7) is 11.1. The molecule has 4 fully saturated rings. The molecule has 5 aliphatic rings. The van der Waals surface area contributed by atoms with Gasteiger partial charge in [0, 0.05) is 35.5 Å². The molecule has 4 aliphatic carbocycles. The molecule has 8 atom stereocenters. The number of hydrogen-bond donors (Lipinski definition) is 1. The molecule has 7 heteroatoms. The number of ether oxygens (including phenoxy) is 2. The van der Waals surface area contributed by atoms with Crippen LogP contribution in [0.25, 0.3) is 0 Å². The van der Waals surface area contributed by atoms with Gasteiger partial charge >= 0.3 is 5.97 Å². The Morgan fingerprint density at radius 3 is 2.51 bits per heavy atom. The van der Waals surface area contributed by atoms with Gasteiger partial charge in [-0.1, -0.05) is 13.8 Å².